The molecule has 0 unspecified atom stereocenters. The number of nitrogens with zero attached hydrogens (tertiary/aromatic N) is 6. The second-order valence-electron chi connectivity index (χ2n) is 18.2. The van der Waals surface area contributed by atoms with Crippen molar-refractivity contribution in [2.24, 2.45) is 0 Å². The van der Waals surface area contributed by atoms with Crippen LogP contribution in [0.5, 0.6) is 0 Å². The number of halogens is 1. The van der Waals surface area contributed by atoms with Crippen LogP contribution in [0.3, 0.4) is 0 Å². The second-order valence-corrected chi connectivity index (χ2v) is 18.6. The zero-order valence-corrected chi connectivity index (χ0v) is 39.2. The topological polar surface area (TPSA) is 68.4 Å². The van der Waals surface area contributed by atoms with Gasteiger partial charge in [-0.3, -0.25) is 9.97 Å². The van der Waals surface area contributed by atoms with E-state index in [1.807, 2.05) is 67.3 Å². The van der Waals surface area contributed by atoms with Crippen molar-refractivity contribution in [3.8, 4) is 11.4 Å². The van der Waals surface area contributed by atoms with Gasteiger partial charge < -0.3 is 27.8 Å². The molecule has 0 bridgehead atoms. The molecule has 14 aromatic rings. The number of aromatic nitrogens is 4. The van der Waals surface area contributed by atoms with Gasteiger partial charge >= 0.3 is 0 Å². The van der Waals surface area contributed by atoms with Crippen molar-refractivity contribution in [2.45, 2.75) is 0 Å². The average Bonchev–Trinajstić information content (AvgIpc) is 4.22. The lowest BCUT2D eigenvalue weighted by Gasteiger charge is -2.37. The summed E-state index contributed by atoms with van der Waals surface area (Å²) in [6.45, 7) is 0.00651. The molecule has 0 radical (unpaired) electrons. The SMILES string of the molecule is Clc1c(N(c2ccccc2)c2coc3ccccc23)cccc1-n1c2ccccc2c2cnccc21.c1ccc(N2c3cccc4c3B(c3oc5ccccc5c32)c2cccc3c5cnccc5n-4c23)cc1. The third-order valence-electron chi connectivity index (χ3n) is 14.5. The van der Waals surface area contributed by atoms with Crippen LogP contribution >= 0.6 is 11.6 Å². The smallest absolute Gasteiger partial charge is 0.297 e. The highest BCUT2D eigenvalue weighted by molar-refractivity contribution is 7.00. The number of furan rings is 2. The fourth-order valence-corrected chi connectivity index (χ4v) is 11.9. The monoisotopic (exact) mass is 944 g/mol. The summed E-state index contributed by atoms with van der Waals surface area (Å²) in [7, 11) is 0. The number of benzene rings is 8. The van der Waals surface area contributed by atoms with Gasteiger partial charge in [-0.1, -0.05) is 121 Å². The van der Waals surface area contributed by atoms with Crippen LogP contribution in [-0.4, -0.2) is 25.8 Å². The van der Waals surface area contributed by atoms with Gasteiger partial charge in [-0.2, -0.15) is 0 Å². The highest BCUT2D eigenvalue weighted by Gasteiger charge is 2.45. The van der Waals surface area contributed by atoms with Gasteiger partial charge in [0.1, 0.15) is 17.4 Å². The Kier molecular flexibility index (Phi) is 8.94. The lowest BCUT2D eigenvalue weighted by Crippen LogP contribution is -2.59. The highest BCUT2D eigenvalue weighted by atomic mass is 35.5. The Morgan fingerprint density at radius 1 is 0.472 bits per heavy atom. The Morgan fingerprint density at radius 2 is 1.08 bits per heavy atom. The number of hydrogen-bond donors (Lipinski definition) is 0. The molecule has 10 heteroatoms. The van der Waals surface area contributed by atoms with Gasteiger partial charge in [0.25, 0.3) is 6.71 Å². The predicted molar refractivity (Wildman–Crippen MR) is 296 cm³/mol. The van der Waals surface area contributed by atoms with Crippen molar-refractivity contribution in [1.82, 2.24) is 19.1 Å². The lowest BCUT2D eigenvalue weighted by atomic mass is 9.36. The summed E-state index contributed by atoms with van der Waals surface area (Å²) in [5.41, 5.74) is 18.2. The van der Waals surface area contributed by atoms with Crippen LogP contribution in [0.15, 0.2) is 240 Å². The van der Waals surface area contributed by atoms with E-state index in [0.717, 1.165) is 83.5 Å². The molecule has 72 heavy (non-hydrogen) atoms. The van der Waals surface area contributed by atoms with E-state index < -0.39 is 0 Å². The van der Waals surface area contributed by atoms with Gasteiger partial charge in [0.05, 0.1) is 50.0 Å². The molecule has 338 valence electrons. The van der Waals surface area contributed by atoms with Gasteiger partial charge in [0, 0.05) is 85.4 Å². The van der Waals surface area contributed by atoms with Gasteiger partial charge in [0.2, 0.25) is 0 Å². The molecule has 8 aromatic carbocycles. The number of fused-ring (bicyclic) bond motifs is 13. The molecule has 8 heterocycles. The maximum absolute atomic E-state index is 7.30. The minimum Gasteiger partial charge on any atom is -0.468 e. The van der Waals surface area contributed by atoms with Crippen LogP contribution in [0.2, 0.25) is 5.02 Å². The van der Waals surface area contributed by atoms with Crippen LogP contribution < -0.4 is 26.4 Å². The fraction of sp³-hybridized carbons (Fsp3) is 0. The van der Waals surface area contributed by atoms with E-state index in [-0.39, 0.29) is 6.71 Å². The molecule has 0 spiro atoms. The predicted octanol–water partition coefficient (Wildman–Crippen LogP) is 14.6. The third kappa shape index (κ3) is 5.82. The fourth-order valence-electron chi connectivity index (χ4n) is 11.6. The summed E-state index contributed by atoms with van der Waals surface area (Å²) in [6, 6.07) is 69.3. The molecular weight excluding hydrogens is 907 g/mol. The molecule has 16 rings (SSSR count). The molecule has 0 saturated heterocycles. The number of hydrogen-bond acceptors (Lipinski definition) is 6. The molecule has 2 aliphatic rings. The first kappa shape index (κ1) is 40.6. The van der Waals surface area contributed by atoms with Gasteiger partial charge in [-0.05, 0) is 102 Å². The second kappa shape index (κ2) is 15.9. The van der Waals surface area contributed by atoms with E-state index in [1.54, 1.807) is 6.26 Å². The normalized spacial score (nSPS) is 12.5. The quantitative estimate of drug-likeness (QED) is 0.160. The molecule has 0 atom stereocenters. The van der Waals surface area contributed by atoms with E-state index in [1.165, 1.54) is 44.1 Å². The maximum atomic E-state index is 7.30. The van der Waals surface area contributed by atoms with Crippen molar-refractivity contribution in [2.75, 3.05) is 9.80 Å². The Morgan fingerprint density at radius 3 is 1.90 bits per heavy atom. The Labute approximate surface area is 417 Å². The Bertz CT molecular complexity index is 4410. The van der Waals surface area contributed by atoms with Crippen LogP contribution in [0.25, 0.3) is 76.9 Å². The lowest BCUT2D eigenvalue weighted by molar-refractivity contribution is 0.616. The van der Waals surface area contributed by atoms with Crippen LogP contribution in [-0.2, 0) is 0 Å². The number of anilines is 6. The maximum Gasteiger partial charge on any atom is 0.297 e. The van der Waals surface area contributed by atoms with Crippen molar-refractivity contribution < 1.29 is 8.83 Å². The molecule has 0 aliphatic carbocycles. The standard InChI is InChI=1S/C31H18BN3O.C31H20ClN3O/c1-2-8-19(9-3-1)34-25-13-7-14-26-28(25)32(31-30(34)21-10-4-5-15-27(21)36-31)23-12-6-11-20-22-18-33-17-16-24(22)35(26)29(20)23;32-31-27(34(21-9-2-1-3-10-21)29-20-36-30-16-7-5-12-23(29)30)14-8-15-28(31)35-25-13-6-4-11-22(25)24-19-33-18-17-26(24)35/h1-18H;1-20H. The number of rotatable bonds is 5. The van der Waals surface area contributed by atoms with E-state index in [0.29, 0.717) is 5.02 Å². The molecule has 0 saturated carbocycles. The first-order valence-corrected chi connectivity index (χ1v) is 24.4. The first-order valence-electron chi connectivity index (χ1n) is 24.0. The zero-order chi connectivity index (χ0) is 47.4. The Balaban J connectivity index is 0.000000128. The highest BCUT2D eigenvalue weighted by Crippen LogP contribution is 2.47. The van der Waals surface area contributed by atoms with Crippen LogP contribution in [0.1, 0.15) is 0 Å². The van der Waals surface area contributed by atoms with Gasteiger partial charge in [0.15, 0.2) is 0 Å². The third-order valence-corrected chi connectivity index (χ3v) is 14.9. The van der Waals surface area contributed by atoms with E-state index in [9.17, 15) is 0 Å². The summed E-state index contributed by atoms with van der Waals surface area (Å²) in [4.78, 5) is 13.4. The van der Waals surface area contributed by atoms with Gasteiger partial charge in [-0.15, -0.1) is 0 Å². The molecule has 6 aromatic heterocycles. The molecule has 2 aliphatic heterocycles. The zero-order valence-electron chi connectivity index (χ0n) is 38.4. The van der Waals surface area contributed by atoms with E-state index >= 15 is 0 Å². The van der Waals surface area contributed by atoms with Crippen molar-refractivity contribution in [3.63, 3.8) is 0 Å². The average molecular weight is 945 g/mol. The van der Waals surface area contributed by atoms with Crippen molar-refractivity contribution in [3.05, 3.63) is 236 Å². The molecule has 0 N–H and O–H groups in total. The molecule has 8 nitrogen and oxygen atoms in total. The summed E-state index contributed by atoms with van der Waals surface area (Å²) < 4.78 is 17.3. The molecule has 0 amide bonds. The summed E-state index contributed by atoms with van der Waals surface area (Å²) in [5.74, 6) is 0. The van der Waals surface area contributed by atoms with Gasteiger partial charge in [-0.25, -0.2) is 0 Å². The first-order chi connectivity index (χ1) is 35.7. The van der Waals surface area contributed by atoms with Crippen LogP contribution in [0, 0.1) is 0 Å². The summed E-state index contributed by atoms with van der Waals surface area (Å²) >= 11 is 7.30. The van der Waals surface area contributed by atoms with E-state index in [2.05, 4.69) is 187 Å². The minimum atomic E-state index is 0.00651. The number of pyridine rings is 2. The minimum absolute atomic E-state index is 0.00651. The summed E-state index contributed by atoms with van der Waals surface area (Å²) in [6.07, 6.45) is 9.42. The van der Waals surface area contributed by atoms with Crippen molar-refractivity contribution >= 4 is 135 Å². The van der Waals surface area contributed by atoms with Crippen LogP contribution in [0.4, 0.5) is 34.1 Å². The number of para-hydroxylation sites is 6. The van der Waals surface area contributed by atoms with E-state index in [4.69, 9.17) is 20.4 Å². The Hall–Kier alpha value is -9.31. The molecular formula is C62H38BClN6O2. The van der Waals surface area contributed by atoms with Crippen molar-refractivity contribution in [1.29, 1.82) is 0 Å². The molecule has 0 fully saturated rings. The largest absolute Gasteiger partial charge is 0.468 e. The summed E-state index contributed by atoms with van der Waals surface area (Å²) in [5, 5.41) is 7.44.